The molecule has 2 rings (SSSR count). The van der Waals surface area contributed by atoms with Gasteiger partial charge in [0.15, 0.2) is 0 Å². The Morgan fingerprint density at radius 1 is 1.28 bits per heavy atom. The second kappa shape index (κ2) is 8.59. The van der Waals surface area contributed by atoms with Gasteiger partial charge in [-0.2, -0.15) is 17.9 Å². The van der Waals surface area contributed by atoms with Gasteiger partial charge in [-0.25, -0.2) is 13.2 Å². The standard InChI is InChI=1S/C14H11ClF3N5O5S/c15-23-13(19)22-10-5-20-4-7-3-8(1-2-9(7)10)29(26,27)21-6-11(24)28-12(25)14(16,17)18/h1-5,21H,6H2,(H3,19,22,23). The van der Waals surface area contributed by atoms with Gasteiger partial charge in [0.2, 0.25) is 16.0 Å². The lowest BCUT2D eigenvalue weighted by atomic mass is 10.1. The maximum atomic E-state index is 12.3. The number of hydrogen-bond donors (Lipinski definition) is 3. The predicted octanol–water partition coefficient (Wildman–Crippen LogP) is 1.03. The molecule has 0 aliphatic rings. The largest absolute Gasteiger partial charge is 0.491 e. The number of guanidine groups is 1. The van der Waals surface area contributed by atoms with Crippen LogP contribution in [0.5, 0.6) is 0 Å². The van der Waals surface area contributed by atoms with Crippen molar-refractivity contribution in [3.63, 3.8) is 0 Å². The average Bonchev–Trinajstić information content (AvgIpc) is 2.65. The summed E-state index contributed by atoms with van der Waals surface area (Å²) in [6.45, 7) is -1.19. The van der Waals surface area contributed by atoms with Gasteiger partial charge in [0.25, 0.3) is 0 Å². The summed E-state index contributed by atoms with van der Waals surface area (Å²) in [6.07, 6.45) is -2.66. The summed E-state index contributed by atoms with van der Waals surface area (Å²) in [7, 11) is -4.32. The van der Waals surface area contributed by atoms with Crippen LogP contribution >= 0.6 is 11.8 Å². The number of benzene rings is 1. The van der Waals surface area contributed by atoms with Crippen molar-refractivity contribution in [3.8, 4) is 0 Å². The van der Waals surface area contributed by atoms with Crippen LogP contribution in [-0.2, 0) is 24.3 Å². The van der Waals surface area contributed by atoms with Crippen molar-refractivity contribution >= 4 is 56.2 Å². The number of hydrogen-bond acceptors (Lipinski definition) is 7. The van der Waals surface area contributed by atoms with E-state index in [1.54, 1.807) is 4.72 Å². The van der Waals surface area contributed by atoms with E-state index in [1.807, 2.05) is 0 Å². The second-order valence-corrected chi connectivity index (χ2v) is 7.18. The fourth-order valence-electron chi connectivity index (χ4n) is 2.02. The van der Waals surface area contributed by atoms with E-state index >= 15 is 0 Å². The summed E-state index contributed by atoms with van der Waals surface area (Å²) >= 11 is 5.23. The summed E-state index contributed by atoms with van der Waals surface area (Å²) in [5.41, 5.74) is 5.83. The van der Waals surface area contributed by atoms with Crippen molar-refractivity contribution in [1.82, 2.24) is 9.71 Å². The molecule has 0 unspecified atom stereocenters. The molecule has 1 aromatic heterocycles. The molecular formula is C14H11ClF3N5O5S. The number of nitrogens with zero attached hydrogens (tertiary/aromatic N) is 2. The van der Waals surface area contributed by atoms with Gasteiger partial charge in [-0.05, 0) is 12.1 Å². The third-order valence-corrected chi connectivity index (χ3v) is 4.82. The number of anilines is 1. The molecule has 0 radical (unpaired) electrons. The molecule has 1 aromatic carbocycles. The summed E-state index contributed by atoms with van der Waals surface area (Å²) < 4.78 is 69.0. The monoisotopic (exact) mass is 453 g/mol. The van der Waals surface area contributed by atoms with Gasteiger partial charge in [-0.3, -0.25) is 9.78 Å². The Bertz CT molecular complexity index is 1090. The lowest BCUT2D eigenvalue weighted by Crippen LogP contribution is -2.35. The van der Waals surface area contributed by atoms with E-state index in [0.29, 0.717) is 16.5 Å². The minimum Gasteiger partial charge on any atom is -0.385 e. The van der Waals surface area contributed by atoms with E-state index in [9.17, 15) is 31.2 Å². The summed E-state index contributed by atoms with van der Waals surface area (Å²) in [5.74, 6) is -4.61. The van der Waals surface area contributed by atoms with Gasteiger partial charge in [-0.15, -0.1) is 4.51 Å². The number of carbonyl (C=O) groups is 2. The first kappa shape index (κ1) is 22.3. The topological polar surface area (TPSA) is 153 Å². The van der Waals surface area contributed by atoms with Crippen LogP contribution in [0.3, 0.4) is 0 Å². The zero-order chi connectivity index (χ0) is 21.8. The first-order valence-electron chi connectivity index (χ1n) is 7.35. The number of esters is 2. The van der Waals surface area contributed by atoms with Crippen LogP contribution < -0.4 is 15.8 Å². The Morgan fingerprint density at radius 2 is 1.97 bits per heavy atom. The van der Waals surface area contributed by atoms with Gasteiger partial charge >= 0.3 is 18.1 Å². The molecule has 0 amide bonds. The Kier molecular flexibility index (Phi) is 6.61. The van der Waals surface area contributed by atoms with Crippen LogP contribution in [0.4, 0.5) is 18.9 Å². The number of rotatable bonds is 5. The maximum Gasteiger partial charge on any atom is 0.491 e. The van der Waals surface area contributed by atoms with Crippen molar-refractivity contribution in [1.29, 1.82) is 0 Å². The Hall–Kier alpha value is -2.97. The highest BCUT2D eigenvalue weighted by Crippen LogP contribution is 2.25. The first-order valence-corrected chi connectivity index (χ1v) is 9.17. The molecule has 0 aliphatic carbocycles. The second-order valence-electron chi connectivity index (χ2n) is 5.25. The molecule has 4 N–H and O–H groups in total. The van der Waals surface area contributed by atoms with Gasteiger partial charge in [0, 0.05) is 28.7 Å². The molecule has 0 aliphatic heterocycles. The molecule has 0 saturated heterocycles. The molecule has 10 nitrogen and oxygen atoms in total. The molecule has 2 aromatic rings. The van der Waals surface area contributed by atoms with Gasteiger partial charge in [-0.1, -0.05) is 6.07 Å². The van der Waals surface area contributed by atoms with E-state index in [2.05, 4.69) is 19.5 Å². The molecule has 156 valence electrons. The lowest BCUT2D eigenvalue weighted by Gasteiger charge is -2.10. The zero-order valence-electron chi connectivity index (χ0n) is 14.0. The molecule has 0 saturated carbocycles. The Balaban J connectivity index is 2.18. The van der Waals surface area contributed by atoms with Crippen LogP contribution in [0, 0.1) is 0 Å². The molecule has 0 bridgehead atoms. The Morgan fingerprint density at radius 3 is 2.59 bits per heavy atom. The van der Waals surface area contributed by atoms with Crippen LogP contribution in [0.15, 0.2) is 40.0 Å². The van der Waals surface area contributed by atoms with Crippen LogP contribution in [-0.4, -0.2) is 44.0 Å². The number of carbonyl (C=O) groups excluding carboxylic acids is 2. The highest BCUT2D eigenvalue weighted by atomic mass is 35.5. The van der Waals surface area contributed by atoms with Crippen LogP contribution in [0.2, 0.25) is 0 Å². The van der Waals surface area contributed by atoms with Crippen molar-refractivity contribution in [2.45, 2.75) is 11.1 Å². The zero-order valence-corrected chi connectivity index (χ0v) is 15.6. The van der Waals surface area contributed by atoms with Crippen molar-refractivity contribution in [2.75, 3.05) is 11.9 Å². The average molecular weight is 454 g/mol. The summed E-state index contributed by atoms with van der Waals surface area (Å²) in [4.78, 5) is 25.4. The first-order chi connectivity index (χ1) is 13.4. The number of halogens is 4. The molecule has 29 heavy (non-hydrogen) atoms. The van der Waals surface area contributed by atoms with E-state index in [-0.39, 0.29) is 10.9 Å². The maximum absolute atomic E-state index is 12.3. The van der Waals surface area contributed by atoms with Crippen molar-refractivity contribution < 1.29 is 35.9 Å². The third-order valence-electron chi connectivity index (χ3n) is 3.24. The van der Waals surface area contributed by atoms with E-state index in [1.165, 1.54) is 24.5 Å². The summed E-state index contributed by atoms with van der Waals surface area (Å²) in [5, 5.41) is 3.49. The van der Waals surface area contributed by atoms with E-state index < -0.39 is 34.7 Å². The lowest BCUT2D eigenvalue weighted by molar-refractivity contribution is -0.201. The normalized spacial score (nSPS) is 12.6. The minimum atomic E-state index is -5.39. The number of ether oxygens (including phenoxy) is 1. The van der Waals surface area contributed by atoms with E-state index in [0.717, 1.165) is 6.07 Å². The number of sulfonamides is 1. The van der Waals surface area contributed by atoms with Gasteiger partial charge in [0.05, 0.1) is 16.8 Å². The van der Waals surface area contributed by atoms with Crippen molar-refractivity contribution in [3.05, 3.63) is 30.6 Å². The predicted molar refractivity (Wildman–Crippen MR) is 95.2 cm³/mol. The Labute approximate surface area is 166 Å². The van der Waals surface area contributed by atoms with E-state index in [4.69, 9.17) is 17.5 Å². The minimum absolute atomic E-state index is 0.133. The quantitative estimate of drug-likeness (QED) is 0.262. The number of fused-ring (bicyclic) bond motifs is 1. The van der Waals surface area contributed by atoms with Gasteiger partial charge < -0.3 is 15.8 Å². The molecule has 0 fully saturated rings. The number of nitrogens with two attached hydrogens (primary N) is 1. The smallest absolute Gasteiger partial charge is 0.385 e. The fourth-order valence-corrected chi connectivity index (χ4v) is 3.06. The number of nitrogens with one attached hydrogen (secondary N) is 2. The highest BCUT2D eigenvalue weighted by Gasteiger charge is 2.42. The number of alkyl halides is 3. The van der Waals surface area contributed by atoms with Gasteiger partial charge in [0.1, 0.15) is 6.54 Å². The molecular weight excluding hydrogens is 443 g/mol. The molecule has 1 heterocycles. The molecule has 15 heteroatoms. The molecule has 0 atom stereocenters. The van der Waals surface area contributed by atoms with Crippen LogP contribution in [0.1, 0.15) is 0 Å². The highest BCUT2D eigenvalue weighted by molar-refractivity contribution is 7.89. The van der Waals surface area contributed by atoms with Crippen LogP contribution in [0.25, 0.3) is 10.8 Å². The fraction of sp³-hybridized carbons (Fsp3) is 0.143. The summed E-state index contributed by atoms with van der Waals surface area (Å²) in [6, 6.07) is 3.74. The SMILES string of the molecule is NC(=NCl)Nc1cncc2cc(S(=O)(=O)NCC(=O)OC(=O)C(F)(F)F)ccc12. The molecule has 0 spiro atoms. The van der Waals surface area contributed by atoms with Crippen molar-refractivity contribution in [2.24, 2.45) is 10.2 Å². The third kappa shape index (κ3) is 5.75. The number of aromatic nitrogens is 1. The number of pyridine rings is 1.